The molecular formula is C20H29FN4OS2. The minimum atomic E-state index is -0.142. The number of hydrogen-bond donors (Lipinski definition) is 1. The van der Waals surface area contributed by atoms with Gasteiger partial charge >= 0.3 is 0 Å². The minimum absolute atomic E-state index is 0.0115. The number of hydrogen-bond acceptors (Lipinski definition) is 5. The summed E-state index contributed by atoms with van der Waals surface area (Å²) in [6.07, 6.45) is 0.0115. The molecule has 1 heterocycles. The summed E-state index contributed by atoms with van der Waals surface area (Å²) in [4.78, 5) is 11.4. The zero-order chi connectivity index (χ0) is 20.4. The second-order valence-corrected chi connectivity index (χ2v) is 8.29. The van der Waals surface area contributed by atoms with Gasteiger partial charge in [-0.05, 0) is 25.5 Å². The van der Waals surface area contributed by atoms with Gasteiger partial charge in [-0.3, -0.25) is 4.99 Å². The van der Waals surface area contributed by atoms with Crippen molar-refractivity contribution in [3.63, 3.8) is 0 Å². The number of aromatic nitrogens is 1. The van der Waals surface area contributed by atoms with E-state index in [9.17, 15) is 4.39 Å². The molecule has 5 nitrogen and oxygen atoms in total. The van der Waals surface area contributed by atoms with Crippen LogP contribution in [0.25, 0.3) is 0 Å². The fourth-order valence-corrected chi connectivity index (χ4v) is 4.14. The van der Waals surface area contributed by atoms with E-state index >= 15 is 0 Å². The Bertz CT molecular complexity index is 753. The lowest BCUT2D eigenvalue weighted by Crippen LogP contribution is -2.38. The third-order valence-corrected chi connectivity index (χ3v) is 6.12. The Morgan fingerprint density at radius 3 is 2.93 bits per heavy atom. The van der Waals surface area contributed by atoms with Crippen LogP contribution in [0.3, 0.4) is 0 Å². The van der Waals surface area contributed by atoms with E-state index in [1.807, 2.05) is 26.1 Å². The molecule has 1 aromatic heterocycles. The molecule has 2 aromatic rings. The van der Waals surface area contributed by atoms with Crippen molar-refractivity contribution in [1.29, 1.82) is 0 Å². The molecule has 0 saturated carbocycles. The first-order chi connectivity index (χ1) is 13.5. The van der Waals surface area contributed by atoms with Crippen LogP contribution in [0, 0.1) is 5.82 Å². The van der Waals surface area contributed by atoms with Crippen LogP contribution in [0.5, 0.6) is 0 Å². The van der Waals surface area contributed by atoms with E-state index in [2.05, 4.69) is 32.5 Å². The Labute approximate surface area is 175 Å². The van der Waals surface area contributed by atoms with E-state index < -0.39 is 0 Å². The predicted molar refractivity (Wildman–Crippen MR) is 118 cm³/mol. The first-order valence-corrected chi connectivity index (χ1v) is 11.4. The Hall–Kier alpha value is -1.64. The lowest BCUT2D eigenvalue weighted by molar-refractivity contribution is 0.119. The summed E-state index contributed by atoms with van der Waals surface area (Å²) in [7, 11) is 3.70. The molecule has 1 N–H and O–H groups in total. The maximum absolute atomic E-state index is 13.6. The molecular weight excluding hydrogens is 395 g/mol. The largest absolute Gasteiger partial charge is 0.375 e. The number of aliphatic imine (C=N–C) groups is 1. The maximum atomic E-state index is 13.6. The zero-order valence-electron chi connectivity index (χ0n) is 16.9. The van der Waals surface area contributed by atoms with Crippen LogP contribution in [0.1, 0.15) is 36.2 Å². The van der Waals surface area contributed by atoms with Crippen molar-refractivity contribution in [2.45, 2.75) is 32.2 Å². The van der Waals surface area contributed by atoms with Gasteiger partial charge in [0.25, 0.3) is 0 Å². The van der Waals surface area contributed by atoms with Gasteiger partial charge in [-0.15, -0.1) is 11.3 Å². The van der Waals surface area contributed by atoms with Gasteiger partial charge in [0.15, 0.2) is 5.96 Å². The first kappa shape index (κ1) is 22.6. The molecule has 0 amide bonds. The number of thioether (sulfide) groups is 1. The molecule has 2 rings (SSSR count). The van der Waals surface area contributed by atoms with Gasteiger partial charge < -0.3 is 15.0 Å². The highest BCUT2D eigenvalue weighted by Gasteiger charge is 2.12. The Balaban J connectivity index is 1.84. The summed E-state index contributed by atoms with van der Waals surface area (Å²) in [6.45, 7) is 6.21. The SMILES string of the molecule is CCNC(=NCCSCc1ccccc1F)N(C)Cc1csc(C(C)OC)n1. The molecule has 28 heavy (non-hydrogen) atoms. The van der Waals surface area contributed by atoms with E-state index in [0.29, 0.717) is 18.8 Å². The number of thiazole rings is 1. The molecule has 0 bridgehead atoms. The number of rotatable bonds is 10. The van der Waals surface area contributed by atoms with Gasteiger partial charge in [-0.2, -0.15) is 11.8 Å². The first-order valence-electron chi connectivity index (χ1n) is 9.32. The summed E-state index contributed by atoms with van der Waals surface area (Å²) in [6, 6.07) is 6.92. The molecule has 1 atom stereocenters. The van der Waals surface area contributed by atoms with E-state index in [1.54, 1.807) is 36.3 Å². The number of ether oxygens (including phenoxy) is 1. The Morgan fingerprint density at radius 1 is 1.43 bits per heavy atom. The molecule has 1 aromatic carbocycles. The van der Waals surface area contributed by atoms with Crippen LogP contribution >= 0.6 is 23.1 Å². The predicted octanol–water partition coefficient (Wildman–Crippen LogP) is 4.32. The third-order valence-electron chi connectivity index (χ3n) is 4.08. The van der Waals surface area contributed by atoms with Crippen molar-refractivity contribution in [3.8, 4) is 0 Å². The van der Waals surface area contributed by atoms with Gasteiger partial charge in [-0.25, -0.2) is 9.37 Å². The monoisotopic (exact) mass is 424 g/mol. The van der Waals surface area contributed by atoms with Gasteiger partial charge in [0.05, 0.1) is 18.8 Å². The van der Waals surface area contributed by atoms with E-state index in [0.717, 1.165) is 34.5 Å². The van der Waals surface area contributed by atoms with Crippen LogP contribution in [-0.4, -0.2) is 48.8 Å². The van der Waals surface area contributed by atoms with Crippen LogP contribution in [-0.2, 0) is 17.0 Å². The maximum Gasteiger partial charge on any atom is 0.194 e. The average molecular weight is 425 g/mol. The highest BCUT2D eigenvalue weighted by Crippen LogP contribution is 2.21. The number of halogens is 1. The molecule has 0 saturated heterocycles. The molecule has 154 valence electrons. The molecule has 0 aliphatic heterocycles. The summed E-state index contributed by atoms with van der Waals surface area (Å²) >= 11 is 3.30. The molecule has 0 aliphatic carbocycles. The van der Waals surface area contributed by atoms with Crippen molar-refractivity contribution in [3.05, 3.63) is 51.7 Å². The molecule has 0 aliphatic rings. The number of methoxy groups -OCH3 is 1. The van der Waals surface area contributed by atoms with Crippen LogP contribution < -0.4 is 5.32 Å². The standard InChI is InChI=1S/C20H29FN4OS2/c1-5-22-20(23-10-11-27-13-16-8-6-7-9-18(16)21)25(3)12-17-14-28-19(24-17)15(2)26-4/h6-9,14-15H,5,10-13H2,1-4H3,(H,22,23). The second-order valence-electron chi connectivity index (χ2n) is 6.29. The zero-order valence-corrected chi connectivity index (χ0v) is 18.6. The molecule has 1 unspecified atom stereocenters. The van der Waals surface area contributed by atoms with Crippen LogP contribution in [0.4, 0.5) is 4.39 Å². The van der Waals surface area contributed by atoms with Gasteiger partial charge in [0, 0.05) is 37.6 Å². The number of nitrogens with one attached hydrogen (secondary N) is 1. The van der Waals surface area contributed by atoms with Crippen molar-refractivity contribution >= 4 is 29.1 Å². The van der Waals surface area contributed by atoms with Crippen LogP contribution in [0.2, 0.25) is 0 Å². The molecule has 0 fully saturated rings. The minimum Gasteiger partial charge on any atom is -0.375 e. The van der Waals surface area contributed by atoms with E-state index in [-0.39, 0.29) is 11.9 Å². The molecule has 0 radical (unpaired) electrons. The van der Waals surface area contributed by atoms with Gasteiger partial charge in [0.2, 0.25) is 0 Å². The highest BCUT2D eigenvalue weighted by atomic mass is 32.2. The highest BCUT2D eigenvalue weighted by molar-refractivity contribution is 7.98. The topological polar surface area (TPSA) is 49.8 Å². The second kappa shape index (κ2) is 12.0. The Morgan fingerprint density at radius 2 is 2.21 bits per heavy atom. The average Bonchev–Trinajstić information content (AvgIpc) is 3.16. The smallest absolute Gasteiger partial charge is 0.194 e. The Kier molecular flexibility index (Phi) is 9.73. The van der Waals surface area contributed by atoms with Crippen molar-refractivity contribution in [2.75, 3.05) is 33.0 Å². The summed E-state index contributed by atoms with van der Waals surface area (Å²) in [5, 5.41) is 6.37. The molecule has 0 spiro atoms. The number of nitrogens with zero attached hydrogens (tertiary/aromatic N) is 3. The fourth-order valence-electron chi connectivity index (χ4n) is 2.48. The van der Waals surface area contributed by atoms with E-state index in [4.69, 9.17) is 4.74 Å². The van der Waals surface area contributed by atoms with Gasteiger partial charge in [-0.1, -0.05) is 18.2 Å². The van der Waals surface area contributed by atoms with Crippen molar-refractivity contribution in [2.24, 2.45) is 4.99 Å². The van der Waals surface area contributed by atoms with Gasteiger partial charge in [0.1, 0.15) is 16.9 Å². The lowest BCUT2D eigenvalue weighted by Gasteiger charge is -2.21. The fraction of sp³-hybridized carbons (Fsp3) is 0.500. The van der Waals surface area contributed by atoms with Crippen LogP contribution in [0.15, 0.2) is 34.6 Å². The van der Waals surface area contributed by atoms with E-state index in [1.165, 1.54) is 6.07 Å². The summed E-state index contributed by atoms with van der Waals surface area (Å²) in [5.41, 5.74) is 1.75. The summed E-state index contributed by atoms with van der Waals surface area (Å²) in [5.74, 6) is 2.21. The third kappa shape index (κ3) is 7.07. The number of benzene rings is 1. The number of guanidine groups is 1. The van der Waals surface area contributed by atoms with Crippen molar-refractivity contribution in [1.82, 2.24) is 15.2 Å². The summed E-state index contributed by atoms with van der Waals surface area (Å²) < 4.78 is 19.0. The molecule has 8 heteroatoms. The lowest BCUT2D eigenvalue weighted by atomic mass is 10.2. The van der Waals surface area contributed by atoms with Crippen molar-refractivity contribution < 1.29 is 9.13 Å². The normalized spacial score (nSPS) is 12.8. The quantitative estimate of drug-likeness (QED) is 0.350.